The van der Waals surface area contributed by atoms with Crippen molar-refractivity contribution in [3.63, 3.8) is 0 Å². The largest absolute Gasteiger partial charge is 0.207 e. The number of alkyl halides is 1. The molecule has 0 heterocycles. The van der Waals surface area contributed by atoms with Crippen molar-refractivity contribution in [3.05, 3.63) is 70.0 Å². The summed E-state index contributed by atoms with van der Waals surface area (Å²) in [6.07, 6.45) is 0. The van der Waals surface area contributed by atoms with E-state index in [0.29, 0.717) is 11.6 Å². The molecule has 4 heteroatoms. The van der Waals surface area contributed by atoms with Gasteiger partial charge >= 0.3 is 0 Å². The first-order chi connectivity index (χ1) is 8.88. The molecule has 0 aliphatic rings. The van der Waals surface area contributed by atoms with Gasteiger partial charge in [-0.3, -0.25) is 0 Å². The van der Waals surface area contributed by atoms with Crippen LogP contribution >= 0.6 is 11.6 Å². The quantitative estimate of drug-likeness (QED) is 0.535. The van der Waals surface area contributed by atoms with Gasteiger partial charge in [-0.15, -0.1) is 11.6 Å². The summed E-state index contributed by atoms with van der Waals surface area (Å²) in [5, 5.41) is -0.853. The van der Waals surface area contributed by atoms with Crippen molar-refractivity contribution < 1.29 is 13.2 Å². The van der Waals surface area contributed by atoms with Crippen LogP contribution in [0, 0.1) is 31.3 Å². The minimum Gasteiger partial charge on any atom is -0.207 e. The van der Waals surface area contributed by atoms with Gasteiger partial charge in [-0.25, -0.2) is 13.2 Å². The molecule has 0 spiro atoms. The average Bonchev–Trinajstić information content (AvgIpc) is 2.31. The van der Waals surface area contributed by atoms with E-state index in [2.05, 4.69) is 0 Å². The molecule has 0 bridgehead atoms. The van der Waals surface area contributed by atoms with E-state index < -0.39 is 22.8 Å². The summed E-state index contributed by atoms with van der Waals surface area (Å²) in [5.41, 5.74) is 2.54. The van der Waals surface area contributed by atoms with Crippen LogP contribution in [0.2, 0.25) is 0 Å². The van der Waals surface area contributed by atoms with Gasteiger partial charge in [0.25, 0.3) is 0 Å². The monoisotopic (exact) mass is 284 g/mol. The van der Waals surface area contributed by atoms with Gasteiger partial charge in [-0.1, -0.05) is 29.3 Å². The summed E-state index contributed by atoms with van der Waals surface area (Å²) in [5.74, 6) is -3.17. The number of hydrogen-bond donors (Lipinski definition) is 0. The molecule has 0 saturated carbocycles. The van der Waals surface area contributed by atoms with Crippen LogP contribution in [0.1, 0.15) is 27.6 Å². The highest BCUT2D eigenvalue weighted by molar-refractivity contribution is 6.22. The number of benzene rings is 2. The van der Waals surface area contributed by atoms with Gasteiger partial charge in [0.15, 0.2) is 11.6 Å². The lowest BCUT2D eigenvalue weighted by molar-refractivity contribution is 0.490. The van der Waals surface area contributed by atoms with Crippen molar-refractivity contribution in [2.75, 3.05) is 0 Å². The molecule has 0 nitrogen and oxygen atoms in total. The topological polar surface area (TPSA) is 0 Å². The summed E-state index contributed by atoms with van der Waals surface area (Å²) >= 11 is 6.18. The average molecular weight is 285 g/mol. The van der Waals surface area contributed by atoms with E-state index in [-0.39, 0.29) is 5.56 Å². The third-order valence-corrected chi connectivity index (χ3v) is 3.34. The predicted octanol–water partition coefficient (Wildman–Crippen LogP) is 5.05. The second-order valence-electron chi connectivity index (χ2n) is 4.57. The van der Waals surface area contributed by atoms with E-state index in [1.165, 1.54) is 0 Å². The fourth-order valence-electron chi connectivity index (χ4n) is 2.07. The summed E-state index contributed by atoms with van der Waals surface area (Å²) in [7, 11) is 0. The van der Waals surface area contributed by atoms with Crippen molar-refractivity contribution in [1.82, 2.24) is 0 Å². The Morgan fingerprint density at radius 3 is 1.89 bits per heavy atom. The summed E-state index contributed by atoms with van der Waals surface area (Å²) in [4.78, 5) is 0. The van der Waals surface area contributed by atoms with E-state index in [1.807, 2.05) is 19.9 Å². The molecule has 2 rings (SSSR count). The van der Waals surface area contributed by atoms with Crippen LogP contribution in [0.25, 0.3) is 0 Å². The normalized spacial score (nSPS) is 12.5. The molecular formula is C15H12ClF3. The van der Waals surface area contributed by atoms with E-state index in [1.54, 1.807) is 12.1 Å². The molecule has 0 aromatic heterocycles. The van der Waals surface area contributed by atoms with Gasteiger partial charge in [0.2, 0.25) is 0 Å². The minimum atomic E-state index is -1.22. The van der Waals surface area contributed by atoms with Crippen LogP contribution in [0.4, 0.5) is 13.2 Å². The third kappa shape index (κ3) is 2.92. The lowest BCUT2D eigenvalue weighted by atomic mass is 9.99. The Balaban J connectivity index is 2.49. The molecule has 0 aliphatic heterocycles. The first kappa shape index (κ1) is 13.9. The van der Waals surface area contributed by atoms with Crippen LogP contribution in [-0.4, -0.2) is 0 Å². The van der Waals surface area contributed by atoms with Crippen LogP contribution in [0.15, 0.2) is 30.3 Å². The van der Waals surface area contributed by atoms with Gasteiger partial charge in [0.05, 0.1) is 5.38 Å². The predicted molar refractivity (Wildman–Crippen MR) is 69.9 cm³/mol. The van der Waals surface area contributed by atoms with Crippen LogP contribution in [0.5, 0.6) is 0 Å². The van der Waals surface area contributed by atoms with E-state index in [0.717, 1.165) is 17.2 Å². The van der Waals surface area contributed by atoms with Gasteiger partial charge in [-0.05, 0) is 25.5 Å². The van der Waals surface area contributed by atoms with Crippen molar-refractivity contribution in [2.45, 2.75) is 19.2 Å². The minimum absolute atomic E-state index is 0.0643. The highest BCUT2D eigenvalue weighted by atomic mass is 35.5. The Morgan fingerprint density at radius 2 is 1.32 bits per heavy atom. The SMILES string of the molecule is Cc1cc(C)cc(C(Cl)c2cc(F)c(F)cc2F)c1. The van der Waals surface area contributed by atoms with Gasteiger partial charge < -0.3 is 0 Å². The third-order valence-electron chi connectivity index (χ3n) is 2.85. The molecule has 2 aromatic rings. The number of hydrogen-bond acceptors (Lipinski definition) is 0. The van der Waals surface area contributed by atoms with E-state index in [9.17, 15) is 13.2 Å². The zero-order chi connectivity index (χ0) is 14.2. The lowest BCUT2D eigenvalue weighted by Crippen LogP contribution is -2.01. The van der Waals surface area contributed by atoms with E-state index in [4.69, 9.17) is 11.6 Å². The summed E-state index contributed by atoms with van der Waals surface area (Å²) < 4.78 is 39.8. The summed E-state index contributed by atoms with van der Waals surface area (Å²) in [6, 6.07) is 6.87. The first-order valence-electron chi connectivity index (χ1n) is 5.75. The van der Waals surface area contributed by atoms with Crippen LogP contribution in [-0.2, 0) is 0 Å². The van der Waals surface area contributed by atoms with Gasteiger partial charge in [-0.2, -0.15) is 0 Å². The fraction of sp³-hybridized carbons (Fsp3) is 0.200. The van der Waals surface area contributed by atoms with Gasteiger partial charge in [0.1, 0.15) is 5.82 Å². The molecule has 0 N–H and O–H groups in total. The lowest BCUT2D eigenvalue weighted by Gasteiger charge is -2.13. The molecule has 2 aromatic carbocycles. The fourth-order valence-corrected chi connectivity index (χ4v) is 2.36. The molecule has 19 heavy (non-hydrogen) atoms. The number of aryl methyl sites for hydroxylation is 2. The van der Waals surface area contributed by atoms with Crippen LogP contribution < -0.4 is 0 Å². The molecule has 0 saturated heterocycles. The molecule has 0 amide bonds. The zero-order valence-corrected chi connectivity index (χ0v) is 11.2. The Bertz CT molecular complexity index is 603. The number of rotatable bonds is 2. The second-order valence-corrected chi connectivity index (χ2v) is 5.01. The second kappa shape index (κ2) is 5.25. The van der Waals surface area contributed by atoms with Crippen LogP contribution in [0.3, 0.4) is 0 Å². The first-order valence-corrected chi connectivity index (χ1v) is 6.19. The molecule has 0 aliphatic carbocycles. The summed E-state index contributed by atoms with van der Waals surface area (Å²) in [6.45, 7) is 3.78. The Hall–Kier alpha value is -1.48. The highest BCUT2D eigenvalue weighted by Crippen LogP contribution is 2.32. The smallest absolute Gasteiger partial charge is 0.161 e. The molecule has 100 valence electrons. The van der Waals surface area contributed by atoms with Crippen molar-refractivity contribution >= 4 is 11.6 Å². The van der Waals surface area contributed by atoms with Crippen molar-refractivity contribution in [3.8, 4) is 0 Å². The van der Waals surface area contributed by atoms with Crippen molar-refractivity contribution in [2.24, 2.45) is 0 Å². The number of halogens is 4. The maximum absolute atomic E-state index is 13.7. The molecule has 0 fully saturated rings. The maximum Gasteiger partial charge on any atom is 0.161 e. The molecular weight excluding hydrogens is 273 g/mol. The molecule has 1 unspecified atom stereocenters. The highest BCUT2D eigenvalue weighted by Gasteiger charge is 2.19. The van der Waals surface area contributed by atoms with E-state index >= 15 is 0 Å². The molecule has 1 atom stereocenters. The Morgan fingerprint density at radius 1 is 0.789 bits per heavy atom. The molecule has 0 radical (unpaired) electrons. The maximum atomic E-state index is 13.7. The zero-order valence-electron chi connectivity index (χ0n) is 10.5. The van der Waals surface area contributed by atoms with Gasteiger partial charge in [0, 0.05) is 11.6 Å². The standard InChI is InChI=1S/C15H12ClF3/c1-8-3-9(2)5-10(4-8)15(16)11-6-13(18)14(19)7-12(11)17/h3-7,15H,1-2H3. The Labute approximate surface area is 114 Å². The van der Waals surface area contributed by atoms with Crippen molar-refractivity contribution in [1.29, 1.82) is 0 Å². The Kier molecular flexibility index (Phi) is 3.85.